The number of hydrogen-bond acceptors (Lipinski definition) is 2. The van der Waals surface area contributed by atoms with Gasteiger partial charge in [-0.1, -0.05) is 11.6 Å². The number of halogens is 4. The molecule has 0 spiro atoms. The van der Waals surface area contributed by atoms with Crippen molar-refractivity contribution >= 4 is 17.5 Å². The summed E-state index contributed by atoms with van der Waals surface area (Å²) in [7, 11) is 1.21. The Morgan fingerprint density at radius 3 is 2.60 bits per heavy atom. The Morgan fingerprint density at radius 1 is 1.53 bits per heavy atom. The van der Waals surface area contributed by atoms with Gasteiger partial charge in [-0.2, -0.15) is 13.2 Å². The van der Waals surface area contributed by atoms with E-state index in [9.17, 15) is 18.0 Å². The van der Waals surface area contributed by atoms with Crippen molar-refractivity contribution < 1.29 is 18.0 Å². The molecule has 0 aliphatic carbocycles. The summed E-state index contributed by atoms with van der Waals surface area (Å²) in [6.07, 6.45) is -3.73. The Morgan fingerprint density at radius 2 is 2.13 bits per heavy atom. The molecule has 1 heterocycles. The Kier molecular flexibility index (Phi) is 3.18. The van der Waals surface area contributed by atoms with Crippen molar-refractivity contribution in [1.29, 1.82) is 0 Å². The number of amides is 1. The molecule has 0 bridgehead atoms. The van der Waals surface area contributed by atoms with Crippen LogP contribution >= 0.6 is 11.6 Å². The Bertz CT molecular complexity index is 392. The highest BCUT2D eigenvalue weighted by molar-refractivity contribution is 6.32. The standard InChI is InChI=1S/C8H6ClF3N2O/c1-13-7(15)5-4(8(10,11)12)2-3-14-6(5)9/h2-3H,1H3,(H,13,15). The first-order valence-corrected chi connectivity index (χ1v) is 4.19. The zero-order valence-electron chi connectivity index (χ0n) is 7.52. The van der Waals surface area contributed by atoms with Gasteiger partial charge in [0.25, 0.3) is 5.91 Å². The van der Waals surface area contributed by atoms with Crippen LogP contribution in [0, 0.1) is 0 Å². The van der Waals surface area contributed by atoms with E-state index in [4.69, 9.17) is 11.6 Å². The van der Waals surface area contributed by atoms with Crippen LogP contribution in [0.25, 0.3) is 0 Å². The highest BCUT2D eigenvalue weighted by Gasteiger charge is 2.36. The maximum atomic E-state index is 12.5. The first-order chi connectivity index (χ1) is 6.88. The minimum Gasteiger partial charge on any atom is -0.355 e. The lowest BCUT2D eigenvalue weighted by atomic mass is 10.1. The third-order valence-corrected chi connectivity index (χ3v) is 1.95. The lowest BCUT2D eigenvalue weighted by Gasteiger charge is -2.11. The minimum atomic E-state index is -4.63. The van der Waals surface area contributed by atoms with Crippen LogP contribution in [-0.4, -0.2) is 17.9 Å². The van der Waals surface area contributed by atoms with E-state index < -0.39 is 28.4 Å². The third-order valence-electron chi connectivity index (χ3n) is 1.66. The van der Waals surface area contributed by atoms with Gasteiger partial charge in [0.1, 0.15) is 5.15 Å². The fourth-order valence-electron chi connectivity index (χ4n) is 1.01. The molecule has 0 aromatic carbocycles. The topological polar surface area (TPSA) is 42.0 Å². The second kappa shape index (κ2) is 4.06. The van der Waals surface area contributed by atoms with E-state index >= 15 is 0 Å². The van der Waals surface area contributed by atoms with E-state index in [0.29, 0.717) is 6.07 Å². The van der Waals surface area contributed by atoms with Crippen molar-refractivity contribution in [2.24, 2.45) is 0 Å². The summed E-state index contributed by atoms with van der Waals surface area (Å²) in [5, 5.41) is 1.60. The van der Waals surface area contributed by atoms with Gasteiger partial charge in [-0.05, 0) is 6.07 Å². The molecular formula is C8H6ClF3N2O. The van der Waals surface area contributed by atoms with Crippen LogP contribution in [-0.2, 0) is 6.18 Å². The average Bonchev–Trinajstić information content (AvgIpc) is 2.15. The molecule has 0 saturated heterocycles. The van der Waals surface area contributed by atoms with Crippen molar-refractivity contribution in [2.45, 2.75) is 6.18 Å². The van der Waals surface area contributed by atoms with Gasteiger partial charge in [-0.15, -0.1) is 0 Å². The number of pyridine rings is 1. The van der Waals surface area contributed by atoms with E-state index in [-0.39, 0.29) is 0 Å². The van der Waals surface area contributed by atoms with Crippen LogP contribution < -0.4 is 5.32 Å². The normalized spacial score (nSPS) is 11.3. The molecule has 0 aliphatic rings. The lowest BCUT2D eigenvalue weighted by Crippen LogP contribution is -2.23. The second-order valence-electron chi connectivity index (χ2n) is 2.60. The lowest BCUT2D eigenvalue weighted by molar-refractivity contribution is -0.138. The summed E-state index contributed by atoms with van der Waals surface area (Å²) in [6.45, 7) is 0. The Labute approximate surface area is 88.3 Å². The summed E-state index contributed by atoms with van der Waals surface area (Å²) in [5.74, 6) is -0.916. The number of alkyl halides is 3. The first-order valence-electron chi connectivity index (χ1n) is 3.81. The largest absolute Gasteiger partial charge is 0.417 e. The van der Waals surface area contributed by atoms with E-state index in [1.165, 1.54) is 7.05 Å². The van der Waals surface area contributed by atoms with Crippen LogP contribution in [0.15, 0.2) is 12.3 Å². The number of hydrogen-bond donors (Lipinski definition) is 1. The van der Waals surface area contributed by atoms with Crippen LogP contribution in [0.5, 0.6) is 0 Å². The monoisotopic (exact) mass is 238 g/mol. The van der Waals surface area contributed by atoms with Gasteiger partial charge in [-0.3, -0.25) is 4.79 Å². The Hall–Kier alpha value is -1.30. The predicted molar refractivity (Wildman–Crippen MR) is 47.6 cm³/mol. The van der Waals surface area contributed by atoms with Crippen molar-refractivity contribution in [1.82, 2.24) is 10.3 Å². The number of aromatic nitrogens is 1. The predicted octanol–water partition coefficient (Wildman–Crippen LogP) is 2.11. The maximum absolute atomic E-state index is 12.5. The summed E-state index contributed by atoms with van der Waals surface area (Å²) in [4.78, 5) is 14.6. The molecule has 3 nitrogen and oxygen atoms in total. The number of carbonyl (C=O) groups excluding carboxylic acids is 1. The SMILES string of the molecule is CNC(=O)c1c(C(F)(F)F)ccnc1Cl. The molecule has 7 heteroatoms. The van der Waals surface area contributed by atoms with E-state index in [1.807, 2.05) is 0 Å². The molecule has 0 unspecified atom stereocenters. The fourth-order valence-corrected chi connectivity index (χ4v) is 1.26. The van der Waals surface area contributed by atoms with Crippen molar-refractivity contribution in [3.63, 3.8) is 0 Å². The summed E-state index contributed by atoms with van der Waals surface area (Å²) in [6, 6.07) is 0.705. The van der Waals surface area contributed by atoms with E-state index in [1.54, 1.807) is 0 Å². The average molecular weight is 239 g/mol. The van der Waals surface area contributed by atoms with Crippen LogP contribution in [0.3, 0.4) is 0 Å². The fraction of sp³-hybridized carbons (Fsp3) is 0.250. The van der Waals surface area contributed by atoms with Crippen LogP contribution in [0.4, 0.5) is 13.2 Å². The molecule has 0 fully saturated rings. The first kappa shape index (κ1) is 11.8. The van der Waals surface area contributed by atoms with Crippen LogP contribution in [0.2, 0.25) is 5.15 Å². The second-order valence-corrected chi connectivity index (χ2v) is 2.96. The van der Waals surface area contributed by atoms with E-state index in [2.05, 4.69) is 10.3 Å². The number of nitrogens with one attached hydrogen (secondary N) is 1. The molecule has 1 aromatic rings. The molecule has 1 aromatic heterocycles. The maximum Gasteiger partial charge on any atom is 0.417 e. The molecule has 1 amide bonds. The van der Waals surface area contributed by atoms with Crippen molar-refractivity contribution in [2.75, 3.05) is 7.05 Å². The molecule has 15 heavy (non-hydrogen) atoms. The number of rotatable bonds is 1. The zero-order valence-corrected chi connectivity index (χ0v) is 8.28. The van der Waals surface area contributed by atoms with Gasteiger partial charge < -0.3 is 5.32 Å². The molecule has 0 aliphatic heterocycles. The quantitative estimate of drug-likeness (QED) is 0.762. The van der Waals surface area contributed by atoms with Gasteiger partial charge in [0.2, 0.25) is 0 Å². The van der Waals surface area contributed by atoms with E-state index in [0.717, 1.165) is 6.20 Å². The Balaban J connectivity index is 3.40. The molecule has 0 radical (unpaired) electrons. The van der Waals surface area contributed by atoms with Crippen molar-refractivity contribution in [3.05, 3.63) is 28.5 Å². The molecule has 82 valence electrons. The molecule has 1 rings (SSSR count). The third kappa shape index (κ3) is 2.38. The highest BCUT2D eigenvalue weighted by atomic mass is 35.5. The van der Waals surface area contributed by atoms with Gasteiger partial charge in [-0.25, -0.2) is 4.98 Å². The smallest absolute Gasteiger partial charge is 0.355 e. The summed E-state index contributed by atoms with van der Waals surface area (Å²) >= 11 is 5.44. The zero-order chi connectivity index (χ0) is 11.6. The van der Waals surface area contributed by atoms with Gasteiger partial charge in [0.05, 0.1) is 11.1 Å². The molecular weight excluding hydrogens is 233 g/mol. The summed E-state index contributed by atoms with van der Waals surface area (Å²) < 4.78 is 37.4. The number of carbonyl (C=O) groups is 1. The number of nitrogens with zero attached hydrogens (tertiary/aromatic N) is 1. The van der Waals surface area contributed by atoms with Gasteiger partial charge >= 0.3 is 6.18 Å². The minimum absolute atomic E-state index is 0.468. The molecule has 0 saturated carbocycles. The van der Waals surface area contributed by atoms with Gasteiger partial charge in [0, 0.05) is 13.2 Å². The molecule has 0 atom stereocenters. The summed E-state index contributed by atoms with van der Waals surface area (Å²) in [5.41, 5.74) is -1.75. The molecule has 1 N–H and O–H groups in total. The highest BCUT2D eigenvalue weighted by Crippen LogP contribution is 2.33. The van der Waals surface area contributed by atoms with Gasteiger partial charge in [0.15, 0.2) is 0 Å². The van der Waals surface area contributed by atoms with Crippen LogP contribution in [0.1, 0.15) is 15.9 Å². The van der Waals surface area contributed by atoms with Crippen molar-refractivity contribution in [3.8, 4) is 0 Å².